The Bertz CT molecular complexity index is 771. The van der Waals surface area contributed by atoms with Crippen LogP contribution in [0.2, 0.25) is 0 Å². The maximum atomic E-state index is 12.2. The molecule has 0 aliphatic carbocycles. The van der Waals surface area contributed by atoms with Gasteiger partial charge in [0.25, 0.3) is 0 Å². The first-order valence-electron chi connectivity index (χ1n) is 7.60. The monoisotopic (exact) mass is 369 g/mol. The summed E-state index contributed by atoms with van der Waals surface area (Å²) in [5, 5.41) is 0. The van der Waals surface area contributed by atoms with Crippen LogP contribution in [-0.4, -0.2) is 22.4 Å². The summed E-state index contributed by atoms with van der Waals surface area (Å²) in [7, 11) is 0. The van der Waals surface area contributed by atoms with Crippen LogP contribution in [0.1, 0.15) is 32.6 Å². The van der Waals surface area contributed by atoms with Crippen LogP contribution in [0.4, 0.5) is 18.0 Å². The zero-order chi connectivity index (χ0) is 19.5. The third kappa shape index (κ3) is 5.33. The SMILES string of the molecule is CC(C)(C)C(OC(N)=O)c1cc(-c2ccc(OC(F)(F)F)cc2)ncn1. The van der Waals surface area contributed by atoms with Crippen molar-refractivity contribution < 1.29 is 27.4 Å². The molecule has 140 valence electrons. The molecule has 1 unspecified atom stereocenters. The molecule has 0 spiro atoms. The molecule has 9 heteroatoms. The highest BCUT2D eigenvalue weighted by Gasteiger charge is 2.32. The van der Waals surface area contributed by atoms with Crippen molar-refractivity contribution in [2.45, 2.75) is 33.2 Å². The Kier molecular flexibility index (Phi) is 5.38. The van der Waals surface area contributed by atoms with Gasteiger partial charge >= 0.3 is 12.5 Å². The van der Waals surface area contributed by atoms with Crippen molar-refractivity contribution in [3.05, 3.63) is 42.4 Å². The number of hydrogen-bond donors (Lipinski definition) is 1. The number of carbonyl (C=O) groups is 1. The van der Waals surface area contributed by atoms with Gasteiger partial charge in [0.1, 0.15) is 12.1 Å². The molecule has 0 aliphatic heterocycles. The number of nitrogens with zero attached hydrogens (tertiary/aromatic N) is 2. The third-order valence-electron chi connectivity index (χ3n) is 3.36. The third-order valence-corrected chi connectivity index (χ3v) is 3.36. The number of alkyl halides is 3. The molecule has 6 nitrogen and oxygen atoms in total. The standard InChI is InChI=1S/C17H18F3N3O3/c1-16(2,3)14(25-15(21)24)13-8-12(22-9-23-13)10-4-6-11(7-5-10)26-17(18,19)20/h4-9,14H,1-3H3,(H2,21,24). The maximum absolute atomic E-state index is 12.2. The molecule has 1 atom stereocenters. The van der Waals surface area contributed by atoms with Crippen molar-refractivity contribution in [2.75, 3.05) is 0 Å². The van der Waals surface area contributed by atoms with E-state index >= 15 is 0 Å². The topological polar surface area (TPSA) is 87.3 Å². The zero-order valence-electron chi connectivity index (χ0n) is 14.4. The van der Waals surface area contributed by atoms with Crippen LogP contribution in [0, 0.1) is 5.41 Å². The number of ether oxygens (including phenoxy) is 2. The van der Waals surface area contributed by atoms with Gasteiger partial charge < -0.3 is 15.2 Å². The van der Waals surface area contributed by atoms with Gasteiger partial charge in [0.2, 0.25) is 0 Å². The number of carbonyl (C=O) groups excluding carboxylic acids is 1. The fourth-order valence-corrected chi connectivity index (χ4v) is 2.30. The molecular formula is C17H18F3N3O3. The largest absolute Gasteiger partial charge is 0.573 e. The van der Waals surface area contributed by atoms with Crippen LogP contribution in [0.3, 0.4) is 0 Å². The van der Waals surface area contributed by atoms with Gasteiger partial charge in [0.05, 0.1) is 11.4 Å². The average molecular weight is 369 g/mol. The average Bonchev–Trinajstić information content (AvgIpc) is 2.51. The van der Waals surface area contributed by atoms with Crippen LogP contribution >= 0.6 is 0 Å². The minimum absolute atomic E-state index is 0.333. The highest BCUT2D eigenvalue weighted by Crippen LogP contribution is 2.36. The van der Waals surface area contributed by atoms with E-state index in [9.17, 15) is 18.0 Å². The molecule has 0 saturated heterocycles. The van der Waals surface area contributed by atoms with Gasteiger partial charge in [-0.2, -0.15) is 0 Å². The van der Waals surface area contributed by atoms with Gasteiger partial charge in [-0.1, -0.05) is 20.8 Å². The van der Waals surface area contributed by atoms with E-state index in [1.54, 1.807) is 6.07 Å². The Morgan fingerprint density at radius 2 is 1.73 bits per heavy atom. The van der Waals surface area contributed by atoms with E-state index in [1.807, 2.05) is 20.8 Å². The highest BCUT2D eigenvalue weighted by molar-refractivity contribution is 5.65. The van der Waals surface area contributed by atoms with Gasteiger partial charge in [-0.3, -0.25) is 0 Å². The summed E-state index contributed by atoms with van der Waals surface area (Å²) in [5.41, 5.74) is 6.09. The highest BCUT2D eigenvalue weighted by atomic mass is 19.4. The van der Waals surface area contributed by atoms with Crippen molar-refractivity contribution >= 4 is 6.09 Å². The summed E-state index contributed by atoms with van der Waals surface area (Å²) >= 11 is 0. The lowest BCUT2D eigenvalue weighted by Gasteiger charge is -2.29. The van der Waals surface area contributed by atoms with Gasteiger partial charge in [0, 0.05) is 11.0 Å². The Morgan fingerprint density at radius 1 is 1.12 bits per heavy atom. The predicted octanol–water partition coefficient (Wildman–Crippen LogP) is 4.22. The fraction of sp³-hybridized carbons (Fsp3) is 0.353. The first kappa shape index (κ1) is 19.5. The Hall–Kier alpha value is -2.84. The first-order valence-corrected chi connectivity index (χ1v) is 7.60. The zero-order valence-corrected chi connectivity index (χ0v) is 14.4. The van der Waals surface area contributed by atoms with E-state index in [4.69, 9.17) is 10.5 Å². The second-order valence-corrected chi connectivity index (χ2v) is 6.58. The van der Waals surface area contributed by atoms with E-state index in [2.05, 4.69) is 14.7 Å². The molecule has 2 rings (SSSR count). The van der Waals surface area contributed by atoms with Gasteiger partial charge in [-0.25, -0.2) is 14.8 Å². The molecule has 2 N–H and O–H groups in total. The Labute approximate surface area is 148 Å². The molecule has 0 aliphatic rings. The van der Waals surface area contributed by atoms with Crippen molar-refractivity contribution in [1.82, 2.24) is 9.97 Å². The van der Waals surface area contributed by atoms with Crippen molar-refractivity contribution in [3.8, 4) is 17.0 Å². The fourth-order valence-electron chi connectivity index (χ4n) is 2.30. The number of nitrogens with two attached hydrogens (primary N) is 1. The molecule has 0 bridgehead atoms. The quantitative estimate of drug-likeness (QED) is 0.872. The molecule has 1 amide bonds. The molecule has 26 heavy (non-hydrogen) atoms. The number of rotatable bonds is 4. The molecule has 1 aromatic heterocycles. The predicted molar refractivity (Wildman–Crippen MR) is 87.0 cm³/mol. The molecule has 1 heterocycles. The Balaban J connectivity index is 2.32. The lowest BCUT2D eigenvalue weighted by molar-refractivity contribution is -0.274. The van der Waals surface area contributed by atoms with Crippen LogP contribution in [0.15, 0.2) is 36.7 Å². The summed E-state index contributed by atoms with van der Waals surface area (Å²) < 4.78 is 45.7. The number of halogens is 3. The molecule has 0 radical (unpaired) electrons. The molecular weight excluding hydrogens is 351 g/mol. The van der Waals surface area contributed by atoms with E-state index < -0.39 is 24.0 Å². The number of primary amides is 1. The van der Waals surface area contributed by atoms with E-state index in [0.29, 0.717) is 17.0 Å². The van der Waals surface area contributed by atoms with Crippen molar-refractivity contribution in [1.29, 1.82) is 0 Å². The molecule has 2 aromatic rings. The lowest BCUT2D eigenvalue weighted by atomic mass is 9.86. The maximum Gasteiger partial charge on any atom is 0.573 e. The van der Waals surface area contributed by atoms with Crippen molar-refractivity contribution in [3.63, 3.8) is 0 Å². The minimum atomic E-state index is -4.75. The second kappa shape index (κ2) is 7.19. The summed E-state index contributed by atoms with van der Waals surface area (Å²) in [6.07, 6.45) is -5.11. The van der Waals surface area contributed by atoms with E-state index in [0.717, 1.165) is 0 Å². The normalized spacial score (nSPS) is 13.2. The summed E-state index contributed by atoms with van der Waals surface area (Å²) in [6.45, 7) is 5.56. The van der Waals surface area contributed by atoms with Gasteiger partial charge in [-0.05, 0) is 30.3 Å². The lowest BCUT2D eigenvalue weighted by Crippen LogP contribution is -2.27. The summed E-state index contributed by atoms with van der Waals surface area (Å²) in [4.78, 5) is 19.4. The number of aromatic nitrogens is 2. The number of benzene rings is 1. The van der Waals surface area contributed by atoms with Gasteiger partial charge in [-0.15, -0.1) is 13.2 Å². The number of amides is 1. The van der Waals surface area contributed by atoms with Crippen LogP contribution < -0.4 is 10.5 Å². The smallest absolute Gasteiger partial charge is 0.439 e. The second-order valence-electron chi connectivity index (χ2n) is 6.58. The van der Waals surface area contributed by atoms with Crippen LogP contribution in [0.25, 0.3) is 11.3 Å². The summed E-state index contributed by atoms with van der Waals surface area (Å²) in [5.74, 6) is -0.333. The Morgan fingerprint density at radius 3 is 2.23 bits per heavy atom. The van der Waals surface area contributed by atoms with Crippen LogP contribution in [-0.2, 0) is 4.74 Å². The van der Waals surface area contributed by atoms with Gasteiger partial charge in [0.15, 0.2) is 6.10 Å². The summed E-state index contributed by atoms with van der Waals surface area (Å²) in [6, 6.07) is 6.85. The van der Waals surface area contributed by atoms with Crippen molar-refractivity contribution in [2.24, 2.45) is 11.1 Å². The molecule has 0 fully saturated rings. The van der Waals surface area contributed by atoms with E-state index in [-0.39, 0.29) is 5.75 Å². The number of hydrogen-bond acceptors (Lipinski definition) is 5. The first-order chi connectivity index (χ1) is 12.0. The minimum Gasteiger partial charge on any atom is -0.439 e. The van der Waals surface area contributed by atoms with E-state index in [1.165, 1.54) is 30.6 Å². The molecule has 0 saturated carbocycles. The molecule has 1 aromatic carbocycles. The van der Waals surface area contributed by atoms with Crippen LogP contribution in [0.5, 0.6) is 5.75 Å².